The molecule has 0 saturated carbocycles. The minimum atomic E-state index is -4.38. The molecule has 3 N–H and O–H groups in total. The minimum Gasteiger partial charge on any atom is -0.462 e. The van der Waals surface area contributed by atoms with Crippen molar-refractivity contribution in [3.8, 4) is 0 Å². The van der Waals surface area contributed by atoms with Gasteiger partial charge in [-0.2, -0.15) is 0 Å². The lowest BCUT2D eigenvalue weighted by Crippen LogP contribution is -2.29. The van der Waals surface area contributed by atoms with E-state index in [-0.39, 0.29) is 38.6 Å². The number of hydrogen-bond donors (Lipinski definition) is 2. The Balaban J connectivity index is 4.04. The molecule has 0 aromatic carbocycles. The zero-order chi connectivity index (χ0) is 43.2. The number of unbranched alkanes of at least 4 members (excludes halogenated alkanes) is 30. The van der Waals surface area contributed by atoms with Crippen molar-refractivity contribution in [1.29, 1.82) is 0 Å². The molecule has 0 saturated heterocycles. The van der Waals surface area contributed by atoms with Crippen LogP contribution in [0.15, 0.2) is 24.3 Å². The number of phosphoric acid groups is 1. The summed E-state index contributed by atoms with van der Waals surface area (Å²) < 4.78 is 32.9. The second-order valence-corrected chi connectivity index (χ2v) is 18.1. The van der Waals surface area contributed by atoms with Gasteiger partial charge in [-0.3, -0.25) is 18.6 Å². The molecule has 0 aliphatic heterocycles. The molecular weight excluding hydrogens is 762 g/mol. The van der Waals surface area contributed by atoms with Crippen LogP contribution in [0, 0.1) is 0 Å². The van der Waals surface area contributed by atoms with E-state index in [1.165, 1.54) is 161 Å². The van der Waals surface area contributed by atoms with Crippen molar-refractivity contribution >= 4 is 19.8 Å². The topological polar surface area (TPSA) is 134 Å². The predicted molar refractivity (Wildman–Crippen MR) is 247 cm³/mol. The molecule has 0 amide bonds. The molecule has 2 atom stereocenters. The van der Waals surface area contributed by atoms with E-state index in [1.54, 1.807) is 0 Å². The quantitative estimate of drug-likeness (QED) is 0.0265. The number of hydrogen-bond acceptors (Lipinski definition) is 8. The Labute approximate surface area is 363 Å². The van der Waals surface area contributed by atoms with Gasteiger partial charge in [0.05, 0.1) is 13.2 Å². The number of ether oxygens (including phenoxy) is 2. The maximum Gasteiger partial charge on any atom is 0.472 e. The van der Waals surface area contributed by atoms with E-state index in [1.807, 2.05) is 0 Å². The normalized spacial score (nSPS) is 13.4. The first-order chi connectivity index (χ1) is 28.8. The number of carbonyl (C=O) groups is 2. The van der Waals surface area contributed by atoms with Gasteiger partial charge in [0.2, 0.25) is 0 Å². The molecule has 0 radical (unpaired) electrons. The van der Waals surface area contributed by atoms with E-state index < -0.39 is 26.5 Å². The molecule has 59 heavy (non-hydrogen) atoms. The van der Waals surface area contributed by atoms with Gasteiger partial charge in [0.1, 0.15) is 6.61 Å². The van der Waals surface area contributed by atoms with Gasteiger partial charge in [0.25, 0.3) is 0 Å². The van der Waals surface area contributed by atoms with E-state index in [4.69, 9.17) is 24.3 Å². The molecule has 0 fully saturated rings. The Bertz CT molecular complexity index is 1020. The van der Waals surface area contributed by atoms with Crippen LogP contribution < -0.4 is 5.73 Å². The summed E-state index contributed by atoms with van der Waals surface area (Å²) in [6.45, 7) is 3.75. The summed E-state index contributed by atoms with van der Waals surface area (Å²) in [5, 5.41) is 0. The zero-order valence-electron chi connectivity index (χ0n) is 38.5. The van der Waals surface area contributed by atoms with E-state index in [0.29, 0.717) is 6.42 Å². The summed E-state index contributed by atoms with van der Waals surface area (Å²) in [7, 11) is -4.38. The summed E-state index contributed by atoms with van der Waals surface area (Å²) in [5.74, 6) is -0.820. The molecule has 0 aromatic rings. The van der Waals surface area contributed by atoms with Crippen molar-refractivity contribution in [2.24, 2.45) is 5.73 Å². The molecule has 0 heterocycles. The predicted octanol–water partition coefficient (Wildman–Crippen LogP) is 14.7. The van der Waals surface area contributed by atoms with Gasteiger partial charge in [0, 0.05) is 19.4 Å². The molecule has 348 valence electrons. The third-order valence-corrected chi connectivity index (χ3v) is 11.8. The highest BCUT2D eigenvalue weighted by atomic mass is 31.2. The number of allylic oxidation sites excluding steroid dienone is 4. The monoisotopic (exact) mass is 856 g/mol. The smallest absolute Gasteiger partial charge is 0.462 e. The first kappa shape index (κ1) is 57.5. The van der Waals surface area contributed by atoms with Crippen LogP contribution in [-0.4, -0.2) is 49.3 Å². The molecule has 0 rings (SSSR count). The number of nitrogens with two attached hydrogens (primary N) is 1. The van der Waals surface area contributed by atoms with Gasteiger partial charge in [-0.25, -0.2) is 4.57 Å². The maximum absolute atomic E-state index is 12.6. The van der Waals surface area contributed by atoms with Crippen molar-refractivity contribution < 1.29 is 37.6 Å². The zero-order valence-corrected chi connectivity index (χ0v) is 39.4. The Morgan fingerprint density at radius 1 is 0.508 bits per heavy atom. The van der Waals surface area contributed by atoms with Crippen LogP contribution in [0.2, 0.25) is 0 Å². The summed E-state index contributed by atoms with van der Waals surface area (Å²) in [5.41, 5.74) is 5.36. The fourth-order valence-corrected chi connectivity index (χ4v) is 7.90. The van der Waals surface area contributed by atoms with Crippen molar-refractivity contribution in [3.05, 3.63) is 24.3 Å². The summed E-state index contributed by atoms with van der Waals surface area (Å²) in [4.78, 5) is 35.0. The van der Waals surface area contributed by atoms with E-state index in [2.05, 4.69) is 38.2 Å². The molecule has 10 heteroatoms. The Morgan fingerprint density at radius 3 is 1.32 bits per heavy atom. The number of carbonyl (C=O) groups excluding carboxylic acids is 2. The van der Waals surface area contributed by atoms with E-state index in [0.717, 1.165) is 51.4 Å². The SMILES string of the molecule is CCCCCC=CCC=CCCCCCCCCCCCC(=O)O[C@H](COC(=O)CCCCCCCCCCCCCCCCCCCCC)COP(=O)(O)OCCN. The van der Waals surface area contributed by atoms with Crippen molar-refractivity contribution in [3.63, 3.8) is 0 Å². The number of esters is 2. The van der Waals surface area contributed by atoms with Gasteiger partial charge in [-0.05, 0) is 44.9 Å². The highest BCUT2D eigenvalue weighted by molar-refractivity contribution is 7.47. The van der Waals surface area contributed by atoms with Crippen molar-refractivity contribution in [2.75, 3.05) is 26.4 Å². The van der Waals surface area contributed by atoms with Crippen LogP contribution in [0.5, 0.6) is 0 Å². The third-order valence-electron chi connectivity index (χ3n) is 10.8. The van der Waals surface area contributed by atoms with Crippen LogP contribution in [0.3, 0.4) is 0 Å². The maximum atomic E-state index is 12.6. The average molecular weight is 856 g/mol. The van der Waals surface area contributed by atoms with Crippen LogP contribution >= 0.6 is 7.82 Å². The second-order valence-electron chi connectivity index (χ2n) is 16.7. The van der Waals surface area contributed by atoms with Crippen LogP contribution in [0.1, 0.15) is 245 Å². The van der Waals surface area contributed by atoms with Gasteiger partial charge in [-0.1, -0.05) is 212 Å². The first-order valence-corrected chi connectivity index (χ1v) is 26.3. The number of phosphoric ester groups is 1. The highest BCUT2D eigenvalue weighted by Crippen LogP contribution is 2.43. The van der Waals surface area contributed by atoms with E-state index >= 15 is 0 Å². The lowest BCUT2D eigenvalue weighted by atomic mass is 10.0. The number of rotatable bonds is 47. The lowest BCUT2D eigenvalue weighted by molar-refractivity contribution is -0.161. The van der Waals surface area contributed by atoms with Gasteiger partial charge >= 0.3 is 19.8 Å². The average Bonchev–Trinajstić information content (AvgIpc) is 3.22. The molecule has 0 aromatic heterocycles. The van der Waals surface area contributed by atoms with E-state index in [9.17, 15) is 19.0 Å². The van der Waals surface area contributed by atoms with Gasteiger partial charge in [-0.15, -0.1) is 0 Å². The molecule has 0 aliphatic rings. The lowest BCUT2D eigenvalue weighted by Gasteiger charge is -2.19. The molecular formula is C49H94NO8P. The fraction of sp³-hybridized carbons (Fsp3) is 0.878. The van der Waals surface area contributed by atoms with Gasteiger partial charge < -0.3 is 20.1 Å². The van der Waals surface area contributed by atoms with Crippen LogP contribution in [0.4, 0.5) is 0 Å². The molecule has 9 nitrogen and oxygen atoms in total. The Hall–Kier alpha value is -1.51. The fourth-order valence-electron chi connectivity index (χ4n) is 7.14. The highest BCUT2D eigenvalue weighted by Gasteiger charge is 2.26. The molecule has 1 unspecified atom stereocenters. The second kappa shape index (κ2) is 46.0. The van der Waals surface area contributed by atoms with Crippen molar-refractivity contribution in [1.82, 2.24) is 0 Å². The van der Waals surface area contributed by atoms with Gasteiger partial charge in [0.15, 0.2) is 6.10 Å². The summed E-state index contributed by atoms with van der Waals surface area (Å²) in [6.07, 6.45) is 50.6. The van der Waals surface area contributed by atoms with Crippen LogP contribution in [0.25, 0.3) is 0 Å². The standard InChI is InChI=1S/C49H94NO8P/c1-3-5-7-9-11-13-15-17-19-21-23-25-27-29-31-33-35-37-39-41-48(51)55-45-47(46-57-59(53,54)56-44-43-50)58-49(52)42-40-38-36-34-32-30-28-26-24-22-20-18-16-14-12-10-8-6-4-2/h12,14,18,20,47H,3-11,13,15-17,19,21-46,50H2,1-2H3,(H,53,54)/t47-/m1/s1. The van der Waals surface area contributed by atoms with Crippen molar-refractivity contribution in [2.45, 2.75) is 251 Å². The first-order valence-electron chi connectivity index (χ1n) is 24.8. The largest absolute Gasteiger partial charge is 0.472 e. The Morgan fingerprint density at radius 2 is 0.881 bits per heavy atom. The third kappa shape index (κ3) is 45.8. The Kier molecular flexibility index (Phi) is 44.8. The molecule has 0 aliphatic carbocycles. The molecule has 0 bridgehead atoms. The summed E-state index contributed by atoms with van der Waals surface area (Å²) in [6, 6.07) is 0. The van der Waals surface area contributed by atoms with Crippen LogP contribution in [-0.2, 0) is 32.7 Å². The summed E-state index contributed by atoms with van der Waals surface area (Å²) >= 11 is 0. The minimum absolute atomic E-state index is 0.0546. The molecule has 0 spiro atoms.